The van der Waals surface area contributed by atoms with E-state index in [4.69, 9.17) is 0 Å². The first-order valence-electron chi connectivity index (χ1n) is 11.9. The lowest BCUT2D eigenvalue weighted by atomic mass is 10.1. The van der Waals surface area contributed by atoms with Crippen LogP contribution in [0.3, 0.4) is 0 Å². The van der Waals surface area contributed by atoms with Gasteiger partial charge in [0.1, 0.15) is 12.6 Å². The molecule has 0 saturated carbocycles. The van der Waals surface area contributed by atoms with E-state index in [1.54, 1.807) is 12.1 Å². The Morgan fingerprint density at radius 1 is 0.941 bits per heavy atom. The van der Waals surface area contributed by atoms with E-state index in [2.05, 4.69) is 5.32 Å². The first-order valence-corrected chi connectivity index (χ1v) is 13.7. The normalized spacial score (nSPS) is 12.1. The van der Waals surface area contributed by atoms with Crippen LogP contribution in [0.1, 0.15) is 44.7 Å². The zero-order valence-electron chi connectivity index (χ0n) is 20.7. The summed E-state index contributed by atoms with van der Waals surface area (Å²) < 4.78 is 26.3. The van der Waals surface area contributed by atoms with E-state index < -0.39 is 22.0 Å². The Kier molecular flexibility index (Phi) is 10.6. The summed E-state index contributed by atoms with van der Waals surface area (Å²) in [6, 6.07) is 16.2. The molecule has 0 spiro atoms. The van der Waals surface area contributed by atoms with Crippen LogP contribution in [0.4, 0.5) is 5.69 Å². The van der Waals surface area contributed by atoms with Gasteiger partial charge in [-0.1, -0.05) is 63.2 Å². The fourth-order valence-corrected chi connectivity index (χ4v) is 4.62. The highest BCUT2D eigenvalue weighted by Crippen LogP contribution is 2.20. The SMILES string of the molecule is CCCNC(=O)[C@H](CC)N(CCc1ccccc1)C(=O)CN(c1ccc(CC)cc1)S(C)(=O)=O. The largest absolute Gasteiger partial charge is 0.354 e. The van der Waals surface area contributed by atoms with Gasteiger partial charge in [0.05, 0.1) is 11.9 Å². The van der Waals surface area contributed by atoms with Crippen LogP contribution in [0.15, 0.2) is 54.6 Å². The van der Waals surface area contributed by atoms with Crippen molar-refractivity contribution in [2.45, 2.75) is 52.5 Å². The lowest BCUT2D eigenvalue weighted by Crippen LogP contribution is -2.53. The Morgan fingerprint density at radius 3 is 2.12 bits per heavy atom. The minimum absolute atomic E-state index is 0.219. The van der Waals surface area contributed by atoms with Gasteiger partial charge in [0, 0.05) is 13.1 Å². The van der Waals surface area contributed by atoms with Crippen molar-refractivity contribution >= 4 is 27.5 Å². The summed E-state index contributed by atoms with van der Waals surface area (Å²) in [6.07, 6.45) is 3.70. The van der Waals surface area contributed by atoms with Gasteiger partial charge >= 0.3 is 0 Å². The molecule has 2 rings (SSSR count). The Balaban J connectivity index is 2.33. The average Bonchev–Trinajstić information content (AvgIpc) is 2.83. The summed E-state index contributed by atoms with van der Waals surface area (Å²) in [5, 5.41) is 2.88. The van der Waals surface area contributed by atoms with Gasteiger partial charge in [-0.05, 0) is 48.9 Å². The maximum Gasteiger partial charge on any atom is 0.244 e. The number of amides is 2. The van der Waals surface area contributed by atoms with Crippen molar-refractivity contribution in [3.05, 3.63) is 65.7 Å². The molecule has 0 fully saturated rings. The molecule has 34 heavy (non-hydrogen) atoms. The van der Waals surface area contributed by atoms with Crippen molar-refractivity contribution in [2.24, 2.45) is 0 Å². The van der Waals surface area contributed by atoms with E-state index in [9.17, 15) is 18.0 Å². The number of nitrogens with zero attached hydrogens (tertiary/aromatic N) is 2. The Morgan fingerprint density at radius 2 is 1.59 bits per heavy atom. The number of benzene rings is 2. The summed E-state index contributed by atoms with van der Waals surface area (Å²) in [4.78, 5) is 27.9. The molecule has 2 amide bonds. The Hall–Kier alpha value is -2.87. The van der Waals surface area contributed by atoms with E-state index >= 15 is 0 Å². The third-order valence-corrected chi connectivity index (χ3v) is 6.87. The van der Waals surface area contributed by atoms with Crippen LogP contribution in [-0.4, -0.2) is 57.1 Å². The van der Waals surface area contributed by atoms with Crippen molar-refractivity contribution in [1.82, 2.24) is 10.2 Å². The van der Waals surface area contributed by atoms with E-state index in [0.29, 0.717) is 31.6 Å². The van der Waals surface area contributed by atoms with Crippen LogP contribution in [-0.2, 0) is 32.5 Å². The Bertz CT molecular complexity index is 1020. The zero-order valence-corrected chi connectivity index (χ0v) is 21.5. The summed E-state index contributed by atoms with van der Waals surface area (Å²) in [7, 11) is -3.71. The monoisotopic (exact) mass is 487 g/mol. The fourth-order valence-electron chi connectivity index (χ4n) is 3.77. The summed E-state index contributed by atoms with van der Waals surface area (Å²) >= 11 is 0. The van der Waals surface area contributed by atoms with Crippen molar-refractivity contribution in [2.75, 3.05) is 30.2 Å². The van der Waals surface area contributed by atoms with Crippen molar-refractivity contribution in [3.8, 4) is 0 Å². The third kappa shape index (κ3) is 7.87. The number of sulfonamides is 1. The number of carbonyl (C=O) groups excluding carboxylic acids is 2. The minimum Gasteiger partial charge on any atom is -0.354 e. The van der Waals surface area contributed by atoms with Crippen molar-refractivity contribution in [1.29, 1.82) is 0 Å². The lowest BCUT2D eigenvalue weighted by molar-refractivity contribution is -0.139. The number of rotatable bonds is 13. The van der Waals surface area contributed by atoms with Crippen LogP contribution in [0.5, 0.6) is 0 Å². The molecule has 0 heterocycles. The van der Waals surface area contributed by atoms with Gasteiger partial charge < -0.3 is 10.2 Å². The summed E-state index contributed by atoms with van der Waals surface area (Å²) in [5.41, 5.74) is 2.55. The molecule has 0 aliphatic heterocycles. The number of anilines is 1. The second-order valence-corrected chi connectivity index (χ2v) is 10.2. The van der Waals surface area contributed by atoms with Gasteiger partial charge in [-0.15, -0.1) is 0 Å². The van der Waals surface area contributed by atoms with Gasteiger partial charge in [0.25, 0.3) is 0 Å². The maximum absolute atomic E-state index is 13.5. The molecule has 0 aliphatic carbocycles. The van der Waals surface area contributed by atoms with Crippen LogP contribution < -0.4 is 9.62 Å². The zero-order chi connectivity index (χ0) is 25.1. The second kappa shape index (κ2) is 13.1. The predicted molar refractivity (Wildman–Crippen MR) is 137 cm³/mol. The molecule has 0 radical (unpaired) electrons. The molecular weight excluding hydrogens is 450 g/mol. The predicted octanol–water partition coefficient (Wildman–Crippen LogP) is 3.39. The number of hydrogen-bond acceptors (Lipinski definition) is 4. The van der Waals surface area contributed by atoms with E-state index in [1.165, 1.54) is 4.90 Å². The lowest BCUT2D eigenvalue weighted by Gasteiger charge is -2.33. The van der Waals surface area contributed by atoms with Crippen molar-refractivity contribution < 1.29 is 18.0 Å². The molecule has 2 aromatic rings. The number of carbonyl (C=O) groups is 2. The highest BCUT2D eigenvalue weighted by atomic mass is 32.2. The van der Waals surface area contributed by atoms with Crippen LogP contribution in [0, 0.1) is 0 Å². The molecule has 1 N–H and O–H groups in total. The molecule has 7 nitrogen and oxygen atoms in total. The smallest absolute Gasteiger partial charge is 0.244 e. The number of nitrogens with one attached hydrogen (secondary N) is 1. The third-order valence-electron chi connectivity index (χ3n) is 5.73. The molecule has 1 atom stereocenters. The molecule has 2 aromatic carbocycles. The van der Waals surface area contributed by atoms with Gasteiger partial charge in [-0.25, -0.2) is 8.42 Å². The molecule has 0 aliphatic rings. The number of aryl methyl sites for hydroxylation is 1. The van der Waals surface area contributed by atoms with Gasteiger partial charge in [-0.3, -0.25) is 13.9 Å². The molecule has 0 bridgehead atoms. The van der Waals surface area contributed by atoms with Crippen LogP contribution in [0.25, 0.3) is 0 Å². The Labute approximate surface area is 204 Å². The molecule has 0 unspecified atom stereocenters. The fraction of sp³-hybridized carbons (Fsp3) is 0.462. The average molecular weight is 488 g/mol. The van der Waals surface area contributed by atoms with Crippen molar-refractivity contribution in [3.63, 3.8) is 0 Å². The summed E-state index contributed by atoms with van der Waals surface area (Å²) in [5.74, 6) is -0.622. The van der Waals surface area contributed by atoms with Crippen LogP contribution >= 0.6 is 0 Å². The molecule has 0 saturated heterocycles. The van der Waals surface area contributed by atoms with Crippen LogP contribution in [0.2, 0.25) is 0 Å². The van der Waals surface area contributed by atoms with Gasteiger partial charge in [-0.2, -0.15) is 0 Å². The quantitative estimate of drug-likeness (QED) is 0.469. The highest BCUT2D eigenvalue weighted by molar-refractivity contribution is 7.92. The topological polar surface area (TPSA) is 86.8 Å². The first-order chi connectivity index (χ1) is 16.2. The highest BCUT2D eigenvalue weighted by Gasteiger charge is 2.31. The van der Waals surface area contributed by atoms with E-state index in [0.717, 1.165) is 34.5 Å². The van der Waals surface area contributed by atoms with E-state index in [1.807, 2.05) is 63.2 Å². The van der Waals surface area contributed by atoms with E-state index in [-0.39, 0.29) is 12.5 Å². The standard InChI is InChI=1S/C26H37N3O4S/c1-5-18-27-26(31)24(7-3)28(19-17-22-11-9-8-10-12-22)25(30)20-29(34(4,32)33)23-15-13-21(6-2)14-16-23/h8-16,24H,5-7,17-20H2,1-4H3,(H,27,31)/t24-/m0/s1. The second-order valence-electron chi connectivity index (χ2n) is 8.33. The maximum atomic E-state index is 13.5. The minimum atomic E-state index is -3.71. The molecule has 8 heteroatoms. The molecular formula is C26H37N3O4S. The summed E-state index contributed by atoms with van der Waals surface area (Å²) in [6.45, 7) is 6.31. The molecule has 186 valence electrons. The molecule has 0 aromatic heterocycles. The van der Waals surface area contributed by atoms with Gasteiger partial charge in [0.2, 0.25) is 21.8 Å². The first kappa shape index (κ1) is 27.4. The van der Waals surface area contributed by atoms with Gasteiger partial charge in [0.15, 0.2) is 0 Å². The number of hydrogen-bond donors (Lipinski definition) is 1.